The van der Waals surface area contributed by atoms with Crippen molar-refractivity contribution >= 4 is 45.0 Å². The molecule has 5 nitrogen and oxygen atoms in total. The maximum atomic E-state index is 13.0. The van der Waals surface area contributed by atoms with Gasteiger partial charge in [-0.25, -0.2) is 9.37 Å². The van der Waals surface area contributed by atoms with Crippen LogP contribution >= 0.6 is 23.7 Å². The number of aromatic nitrogens is 1. The molecule has 1 aromatic heterocycles. The molecule has 3 rings (SSSR count). The highest BCUT2D eigenvalue weighted by Crippen LogP contribution is 2.32. The molecule has 1 amide bonds. The van der Waals surface area contributed by atoms with E-state index in [1.807, 2.05) is 32.0 Å². The summed E-state index contributed by atoms with van der Waals surface area (Å²) in [5, 5.41) is 0.665. The van der Waals surface area contributed by atoms with Crippen LogP contribution in [-0.2, 0) is 4.79 Å². The minimum Gasteiger partial charge on any atom is -0.484 e. The van der Waals surface area contributed by atoms with E-state index in [-0.39, 0.29) is 30.7 Å². The van der Waals surface area contributed by atoms with Crippen molar-refractivity contribution in [2.45, 2.75) is 13.8 Å². The van der Waals surface area contributed by atoms with Gasteiger partial charge in [0.05, 0.1) is 10.2 Å². The van der Waals surface area contributed by atoms with E-state index in [1.165, 1.54) is 35.6 Å². The number of carbonyl (C=O) groups excluding carboxylic acids is 1. The number of amides is 1. The molecule has 0 saturated carbocycles. The molecular formula is C21H25ClFN3O2S. The zero-order valence-corrected chi connectivity index (χ0v) is 18.6. The van der Waals surface area contributed by atoms with Gasteiger partial charge < -0.3 is 9.64 Å². The van der Waals surface area contributed by atoms with Crippen molar-refractivity contribution in [3.05, 3.63) is 53.3 Å². The molecule has 29 heavy (non-hydrogen) atoms. The lowest BCUT2D eigenvalue weighted by molar-refractivity contribution is -0.120. The summed E-state index contributed by atoms with van der Waals surface area (Å²) in [7, 11) is 3.92. The van der Waals surface area contributed by atoms with E-state index in [0.29, 0.717) is 24.0 Å². The Morgan fingerprint density at radius 3 is 2.48 bits per heavy atom. The van der Waals surface area contributed by atoms with Gasteiger partial charge in [0.15, 0.2) is 11.7 Å². The second kappa shape index (κ2) is 10.0. The van der Waals surface area contributed by atoms with E-state index in [9.17, 15) is 9.18 Å². The second-order valence-electron chi connectivity index (χ2n) is 7.02. The van der Waals surface area contributed by atoms with Gasteiger partial charge in [0, 0.05) is 13.1 Å². The molecule has 0 saturated heterocycles. The first-order chi connectivity index (χ1) is 13.3. The molecule has 0 spiro atoms. The van der Waals surface area contributed by atoms with Crippen molar-refractivity contribution in [1.29, 1.82) is 0 Å². The molecule has 8 heteroatoms. The van der Waals surface area contributed by atoms with E-state index in [4.69, 9.17) is 9.72 Å². The van der Waals surface area contributed by atoms with Crippen LogP contribution in [0.1, 0.15) is 11.1 Å². The Morgan fingerprint density at radius 2 is 1.83 bits per heavy atom. The average Bonchev–Trinajstić information content (AvgIpc) is 3.05. The smallest absolute Gasteiger partial charge is 0.266 e. The van der Waals surface area contributed by atoms with Gasteiger partial charge in [0.2, 0.25) is 0 Å². The number of rotatable bonds is 7. The maximum Gasteiger partial charge on any atom is 0.266 e. The van der Waals surface area contributed by atoms with Crippen LogP contribution in [0.2, 0.25) is 0 Å². The van der Waals surface area contributed by atoms with Crippen molar-refractivity contribution in [3.63, 3.8) is 0 Å². The Balaban J connectivity index is 0.00000300. The standard InChI is InChI=1S/C21H24FN3O2S.ClH/c1-14-11-15(2)20-18(12-14)23-21(28-20)25(10-9-24(3)4)19(26)13-27-17-7-5-16(22)6-8-17;/h5-8,11-12H,9-10,13H2,1-4H3;1H. The monoisotopic (exact) mass is 437 g/mol. The van der Waals surface area contributed by atoms with Crippen LogP contribution in [0.5, 0.6) is 5.75 Å². The number of halogens is 2. The zero-order valence-electron chi connectivity index (χ0n) is 16.9. The highest BCUT2D eigenvalue weighted by molar-refractivity contribution is 7.22. The number of hydrogen-bond acceptors (Lipinski definition) is 5. The third-order valence-electron chi connectivity index (χ3n) is 4.29. The molecule has 0 fully saturated rings. The molecule has 0 unspecified atom stereocenters. The summed E-state index contributed by atoms with van der Waals surface area (Å²) in [6, 6.07) is 9.79. The van der Waals surface area contributed by atoms with Crippen LogP contribution in [0.15, 0.2) is 36.4 Å². The number of thiazole rings is 1. The minimum atomic E-state index is -0.341. The number of carbonyl (C=O) groups is 1. The van der Waals surface area contributed by atoms with Gasteiger partial charge in [-0.05, 0) is 69.4 Å². The summed E-state index contributed by atoms with van der Waals surface area (Å²) in [5.41, 5.74) is 3.20. The first-order valence-corrected chi connectivity index (χ1v) is 9.86. The van der Waals surface area contributed by atoms with Gasteiger partial charge >= 0.3 is 0 Å². The number of ether oxygens (including phenoxy) is 1. The predicted molar refractivity (Wildman–Crippen MR) is 119 cm³/mol. The highest BCUT2D eigenvalue weighted by atomic mass is 35.5. The summed E-state index contributed by atoms with van der Waals surface area (Å²) in [5.74, 6) is -0.0656. The topological polar surface area (TPSA) is 45.7 Å². The Hall–Kier alpha value is -2.22. The summed E-state index contributed by atoms with van der Waals surface area (Å²) < 4.78 is 19.7. The van der Waals surface area contributed by atoms with Crippen LogP contribution in [0, 0.1) is 19.7 Å². The summed E-state index contributed by atoms with van der Waals surface area (Å²) in [6.07, 6.45) is 0. The molecule has 1 heterocycles. The highest BCUT2D eigenvalue weighted by Gasteiger charge is 2.21. The number of aryl methyl sites for hydroxylation is 2. The number of anilines is 1. The molecule has 0 atom stereocenters. The van der Waals surface area contributed by atoms with Gasteiger partial charge in [-0.3, -0.25) is 9.69 Å². The lowest BCUT2D eigenvalue weighted by atomic mass is 10.1. The predicted octanol–water partition coefficient (Wildman–Crippen LogP) is 4.45. The van der Waals surface area contributed by atoms with Gasteiger partial charge in [-0.2, -0.15) is 0 Å². The fourth-order valence-electron chi connectivity index (χ4n) is 2.86. The zero-order chi connectivity index (χ0) is 20.3. The lowest BCUT2D eigenvalue weighted by Gasteiger charge is -2.22. The number of hydrogen-bond donors (Lipinski definition) is 0. The Morgan fingerprint density at radius 1 is 1.14 bits per heavy atom. The second-order valence-corrected chi connectivity index (χ2v) is 8.00. The molecular weight excluding hydrogens is 413 g/mol. The van der Waals surface area contributed by atoms with Crippen LogP contribution in [0.3, 0.4) is 0 Å². The van der Waals surface area contributed by atoms with E-state index >= 15 is 0 Å². The molecule has 2 aromatic carbocycles. The maximum absolute atomic E-state index is 13.0. The number of fused-ring (bicyclic) bond motifs is 1. The fraction of sp³-hybridized carbons (Fsp3) is 0.333. The van der Waals surface area contributed by atoms with E-state index in [2.05, 4.69) is 13.0 Å². The average molecular weight is 438 g/mol. The Bertz CT molecular complexity index is 976. The van der Waals surface area contributed by atoms with Crippen molar-refractivity contribution in [2.24, 2.45) is 0 Å². The Labute approximate surface area is 180 Å². The van der Waals surface area contributed by atoms with E-state index < -0.39 is 0 Å². The van der Waals surface area contributed by atoms with Crippen molar-refractivity contribution in [1.82, 2.24) is 9.88 Å². The quantitative estimate of drug-likeness (QED) is 0.548. The third-order valence-corrected chi connectivity index (χ3v) is 5.52. The van der Waals surface area contributed by atoms with E-state index in [0.717, 1.165) is 21.3 Å². The molecule has 0 N–H and O–H groups in total. The van der Waals surface area contributed by atoms with Crippen molar-refractivity contribution in [3.8, 4) is 5.75 Å². The fourth-order valence-corrected chi connectivity index (χ4v) is 3.92. The summed E-state index contributed by atoms with van der Waals surface area (Å²) >= 11 is 1.51. The van der Waals surface area contributed by atoms with E-state index in [1.54, 1.807) is 4.90 Å². The first kappa shape index (κ1) is 23.1. The van der Waals surface area contributed by atoms with Gasteiger partial charge in [-0.15, -0.1) is 12.4 Å². The van der Waals surface area contributed by atoms with Crippen molar-refractivity contribution in [2.75, 3.05) is 38.7 Å². The third kappa shape index (κ3) is 5.88. The minimum absolute atomic E-state index is 0. The van der Waals surface area contributed by atoms with Crippen LogP contribution in [0.25, 0.3) is 10.2 Å². The van der Waals surface area contributed by atoms with Gasteiger partial charge in [-0.1, -0.05) is 17.4 Å². The lowest BCUT2D eigenvalue weighted by Crippen LogP contribution is -2.39. The normalized spacial score (nSPS) is 10.8. The molecule has 3 aromatic rings. The number of nitrogens with zero attached hydrogens (tertiary/aromatic N) is 3. The molecule has 0 aliphatic heterocycles. The molecule has 0 radical (unpaired) electrons. The molecule has 156 valence electrons. The SMILES string of the molecule is Cc1cc(C)c2sc(N(CCN(C)C)C(=O)COc3ccc(F)cc3)nc2c1.Cl. The number of likely N-dealkylation sites (N-methyl/N-ethyl adjacent to an activating group) is 1. The van der Waals surface area contributed by atoms with Crippen LogP contribution in [0.4, 0.5) is 9.52 Å². The molecule has 0 bridgehead atoms. The van der Waals surface area contributed by atoms with Gasteiger partial charge in [0.25, 0.3) is 5.91 Å². The molecule has 0 aliphatic rings. The summed E-state index contributed by atoms with van der Waals surface area (Å²) in [4.78, 5) is 21.3. The Kier molecular flexibility index (Phi) is 7.96. The largest absolute Gasteiger partial charge is 0.484 e. The summed E-state index contributed by atoms with van der Waals surface area (Å²) in [6.45, 7) is 5.18. The van der Waals surface area contributed by atoms with Crippen LogP contribution in [-0.4, -0.2) is 49.6 Å². The van der Waals surface area contributed by atoms with Gasteiger partial charge in [0.1, 0.15) is 11.6 Å². The molecule has 0 aliphatic carbocycles. The number of benzene rings is 2. The first-order valence-electron chi connectivity index (χ1n) is 9.05. The van der Waals surface area contributed by atoms with Crippen molar-refractivity contribution < 1.29 is 13.9 Å². The van der Waals surface area contributed by atoms with Crippen LogP contribution < -0.4 is 9.64 Å².